The third-order valence-electron chi connectivity index (χ3n) is 2.77. The molecule has 1 aromatic heterocycles. The highest BCUT2D eigenvalue weighted by Crippen LogP contribution is 2.15. The number of carbonyl (C=O) groups is 2. The maximum absolute atomic E-state index is 13.2. The van der Waals surface area contributed by atoms with E-state index in [0.29, 0.717) is 18.6 Å². The molecule has 2 rings (SSSR count). The number of rotatable bonds is 5. The third-order valence-corrected chi connectivity index (χ3v) is 3.71. The van der Waals surface area contributed by atoms with Crippen molar-refractivity contribution in [1.29, 1.82) is 0 Å². The van der Waals surface area contributed by atoms with Gasteiger partial charge in [0, 0.05) is 11.4 Å². The van der Waals surface area contributed by atoms with E-state index in [1.807, 2.05) is 17.5 Å². The first-order chi connectivity index (χ1) is 9.99. The smallest absolute Gasteiger partial charge is 0.336 e. The topological polar surface area (TPSA) is 66.4 Å². The normalized spacial score (nSPS) is 10.4. The minimum absolute atomic E-state index is 0.275. The van der Waals surface area contributed by atoms with Crippen molar-refractivity contribution in [2.45, 2.75) is 6.42 Å². The lowest BCUT2D eigenvalue weighted by Gasteiger charge is -2.08. The molecule has 0 unspecified atom stereocenters. The van der Waals surface area contributed by atoms with Crippen LogP contribution in [0.2, 0.25) is 0 Å². The lowest BCUT2D eigenvalue weighted by atomic mass is 10.1. The molecule has 0 saturated heterocycles. The van der Waals surface area contributed by atoms with Crippen LogP contribution < -0.4 is 5.32 Å². The molecule has 0 saturated carbocycles. The van der Waals surface area contributed by atoms with E-state index in [4.69, 9.17) is 5.11 Å². The second-order valence-electron chi connectivity index (χ2n) is 4.20. The van der Waals surface area contributed by atoms with Crippen molar-refractivity contribution in [2.75, 3.05) is 6.54 Å². The highest BCUT2D eigenvalue weighted by Gasteiger charge is 2.20. The first-order valence-electron chi connectivity index (χ1n) is 6.02. The van der Waals surface area contributed by atoms with Crippen molar-refractivity contribution in [1.82, 2.24) is 5.32 Å². The summed E-state index contributed by atoms with van der Waals surface area (Å²) in [7, 11) is 0. The quantitative estimate of drug-likeness (QED) is 0.892. The van der Waals surface area contributed by atoms with Crippen molar-refractivity contribution in [3.05, 3.63) is 57.3 Å². The number of nitrogens with one attached hydrogen (secondary N) is 1. The molecule has 1 aromatic carbocycles. The molecular weight excluding hydrogens is 300 g/mol. The number of thiophene rings is 1. The van der Waals surface area contributed by atoms with Gasteiger partial charge in [0.05, 0.1) is 11.1 Å². The van der Waals surface area contributed by atoms with E-state index in [1.54, 1.807) is 0 Å². The lowest BCUT2D eigenvalue weighted by molar-refractivity contribution is 0.0690. The van der Waals surface area contributed by atoms with Gasteiger partial charge in [-0.15, -0.1) is 11.3 Å². The summed E-state index contributed by atoms with van der Waals surface area (Å²) in [5.74, 6) is -4.80. The predicted molar refractivity (Wildman–Crippen MR) is 73.7 cm³/mol. The van der Waals surface area contributed by atoms with Crippen molar-refractivity contribution < 1.29 is 23.5 Å². The predicted octanol–water partition coefficient (Wildman–Crippen LogP) is 2.70. The summed E-state index contributed by atoms with van der Waals surface area (Å²) < 4.78 is 26.2. The average molecular weight is 311 g/mol. The van der Waals surface area contributed by atoms with Gasteiger partial charge in [0.25, 0.3) is 5.91 Å². The molecule has 2 aromatic rings. The molecule has 0 aliphatic rings. The molecule has 4 nitrogen and oxygen atoms in total. The second kappa shape index (κ2) is 6.45. The standard InChI is InChI=1S/C14H11F2NO3S/c15-11-6-9(10(14(19)20)7-12(11)16)13(18)17-4-3-8-2-1-5-21-8/h1-2,5-7H,3-4H2,(H,17,18)(H,19,20). The molecule has 1 amide bonds. The summed E-state index contributed by atoms with van der Waals surface area (Å²) >= 11 is 1.53. The molecule has 0 aliphatic heterocycles. The summed E-state index contributed by atoms with van der Waals surface area (Å²) in [6.07, 6.45) is 0.579. The lowest BCUT2D eigenvalue weighted by Crippen LogP contribution is -2.27. The van der Waals surface area contributed by atoms with Gasteiger partial charge in [0.2, 0.25) is 0 Å². The van der Waals surface area contributed by atoms with E-state index in [2.05, 4.69) is 5.32 Å². The Hall–Kier alpha value is -2.28. The number of halogens is 2. The summed E-state index contributed by atoms with van der Waals surface area (Å²) in [4.78, 5) is 23.9. The number of carboxylic acids is 1. The average Bonchev–Trinajstić information content (AvgIpc) is 2.94. The number of carbonyl (C=O) groups excluding carboxylic acids is 1. The summed E-state index contributed by atoms with van der Waals surface area (Å²) in [6, 6.07) is 4.88. The maximum atomic E-state index is 13.2. The highest BCUT2D eigenvalue weighted by molar-refractivity contribution is 7.09. The number of carboxylic acid groups (broad SMARTS) is 1. The Morgan fingerprint density at radius 3 is 2.43 bits per heavy atom. The van der Waals surface area contributed by atoms with E-state index in [0.717, 1.165) is 4.88 Å². The molecule has 0 spiro atoms. The number of aromatic carboxylic acids is 1. The molecule has 1 heterocycles. The van der Waals surface area contributed by atoms with Crippen molar-refractivity contribution >= 4 is 23.2 Å². The molecule has 0 radical (unpaired) electrons. The van der Waals surface area contributed by atoms with E-state index in [9.17, 15) is 18.4 Å². The molecule has 7 heteroatoms. The van der Waals surface area contributed by atoms with Crippen LogP contribution in [0.5, 0.6) is 0 Å². The summed E-state index contributed by atoms with van der Waals surface area (Å²) in [5.41, 5.74) is -0.963. The van der Waals surface area contributed by atoms with Crippen LogP contribution in [-0.4, -0.2) is 23.5 Å². The Kier molecular flexibility index (Phi) is 4.64. The highest BCUT2D eigenvalue weighted by atomic mass is 32.1. The second-order valence-corrected chi connectivity index (χ2v) is 5.23. The van der Waals surface area contributed by atoms with Crippen LogP contribution in [0.4, 0.5) is 8.78 Å². The number of amides is 1. The number of hydrogen-bond acceptors (Lipinski definition) is 3. The minimum atomic E-state index is -1.49. The fourth-order valence-electron chi connectivity index (χ4n) is 1.76. The van der Waals surface area contributed by atoms with Crippen LogP contribution in [0.15, 0.2) is 29.6 Å². The largest absolute Gasteiger partial charge is 0.478 e. The first-order valence-corrected chi connectivity index (χ1v) is 6.90. The third kappa shape index (κ3) is 3.63. The summed E-state index contributed by atoms with van der Waals surface area (Å²) in [6.45, 7) is 0.275. The van der Waals surface area contributed by atoms with Gasteiger partial charge in [-0.1, -0.05) is 6.07 Å². The van der Waals surface area contributed by atoms with Crippen LogP contribution in [0, 0.1) is 11.6 Å². The van der Waals surface area contributed by atoms with Gasteiger partial charge in [-0.3, -0.25) is 4.79 Å². The molecule has 0 bridgehead atoms. The van der Waals surface area contributed by atoms with Gasteiger partial charge in [0.15, 0.2) is 11.6 Å². The SMILES string of the molecule is O=C(O)c1cc(F)c(F)cc1C(=O)NCCc1cccs1. The maximum Gasteiger partial charge on any atom is 0.336 e. The van der Waals surface area contributed by atoms with E-state index in [1.165, 1.54) is 11.3 Å². The molecule has 21 heavy (non-hydrogen) atoms. The fourth-order valence-corrected chi connectivity index (χ4v) is 2.47. The zero-order chi connectivity index (χ0) is 15.4. The van der Waals surface area contributed by atoms with E-state index >= 15 is 0 Å². The van der Waals surface area contributed by atoms with Crippen LogP contribution in [0.3, 0.4) is 0 Å². The first kappa shape index (κ1) is 15.1. The molecule has 110 valence electrons. The van der Waals surface area contributed by atoms with Crippen molar-refractivity contribution in [3.63, 3.8) is 0 Å². The van der Waals surface area contributed by atoms with Gasteiger partial charge >= 0.3 is 5.97 Å². The molecule has 0 atom stereocenters. The monoisotopic (exact) mass is 311 g/mol. The van der Waals surface area contributed by atoms with Gasteiger partial charge in [-0.25, -0.2) is 13.6 Å². The van der Waals surface area contributed by atoms with Crippen molar-refractivity contribution in [2.24, 2.45) is 0 Å². The minimum Gasteiger partial charge on any atom is -0.478 e. The Morgan fingerprint density at radius 2 is 1.86 bits per heavy atom. The Labute approximate surface area is 123 Å². The number of hydrogen-bond donors (Lipinski definition) is 2. The molecular formula is C14H11F2NO3S. The Balaban J connectivity index is 2.11. The Bertz CT molecular complexity index is 671. The summed E-state index contributed by atoms with van der Waals surface area (Å²) in [5, 5.41) is 13.3. The number of benzene rings is 1. The van der Waals surface area contributed by atoms with Crippen LogP contribution in [-0.2, 0) is 6.42 Å². The molecule has 0 aliphatic carbocycles. The zero-order valence-corrected chi connectivity index (χ0v) is 11.5. The fraction of sp³-hybridized carbons (Fsp3) is 0.143. The van der Waals surface area contributed by atoms with Gasteiger partial charge in [-0.05, 0) is 30.0 Å². The molecule has 2 N–H and O–H groups in total. The van der Waals surface area contributed by atoms with Crippen LogP contribution >= 0.6 is 11.3 Å². The van der Waals surface area contributed by atoms with Crippen molar-refractivity contribution in [3.8, 4) is 0 Å². The molecule has 0 fully saturated rings. The van der Waals surface area contributed by atoms with Gasteiger partial charge in [0.1, 0.15) is 0 Å². The zero-order valence-electron chi connectivity index (χ0n) is 10.7. The Morgan fingerprint density at radius 1 is 1.19 bits per heavy atom. The van der Waals surface area contributed by atoms with E-state index in [-0.39, 0.29) is 6.54 Å². The van der Waals surface area contributed by atoms with Gasteiger partial charge < -0.3 is 10.4 Å². The van der Waals surface area contributed by atoms with Gasteiger partial charge in [-0.2, -0.15) is 0 Å². The van der Waals surface area contributed by atoms with Crippen LogP contribution in [0.1, 0.15) is 25.6 Å². The van der Waals surface area contributed by atoms with E-state index < -0.39 is 34.6 Å². The van der Waals surface area contributed by atoms with Crippen LogP contribution in [0.25, 0.3) is 0 Å².